The molecule has 2 aromatic rings. The van der Waals surface area contributed by atoms with E-state index in [1.807, 2.05) is 30.3 Å². The molecule has 3 rings (SSSR count). The highest BCUT2D eigenvalue weighted by atomic mass is 35.5. The second kappa shape index (κ2) is 5.31. The van der Waals surface area contributed by atoms with Crippen LogP contribution in [0.3, 0.4) is 0 Å². The summed E-state index contributed by atoms with van der Waals surface area (Å²) in [6.07, 6.45) is 3.17. The number of amides is 1. The number of aryl methyl sites for hydroxylation is 1. The van der Waals surface area contributed by atoms with Gasteiger partial charge >= 0.3 is 0 Å². The molecule has 0 bridgehead atoms. The van der Waals surface area contributed by atoms with Crippen molar-refractivity contribution in [3.63, 3.8) is 0 Å². The molecule has 0 atom stereocenters. The number of rotatable bonds is 2. The van der Waals surface area contributed by atoms with Crippen molar-refractivity contribution in [3.05, 3.63) is 52.9 Å². The minimum Gasteiger partial charge on any atom is -0.327 e. The molecule has 1 aliphatic heterocycles. The van der Waals surface area contributed by atoms with Crippen molar-refractivity contribution in [2.45, 2.75) is 0 Å². The average Bonchev–Trinajstić information content (AvgIpc) is 2.94. The molecule has 1 fully saturated rings. The Morgan fingerprint density at radius 1 is 1.33 bits per heavy atom. The molecule has 7 heteroatoms. The zero-order valence-electron chi connectivity index (χ0n) is 11.1. The number of hydrogen-bond acceptors (Lipinski definition) is 3. The first-order valence-electron chi connectivity index (χ1n) is 6.17. The maximum Gasteiger partial charge on any atom is 0.281 e. The first-order chi connectivity index (χ1) is 10.1. The molecular weight excluding hydrogens is 308 g/mol. The molecule has 2 heterocycles. The molecule has 21 heavy (non-hydrogen) atoms. The fourth-order valence-electron chi connectivity index (χ4n) is 2.07. The Balaban J connectivity index is 1.98. The molecule has 1 amide bonds. The number of anilines is 1. The van der Waals surface area contributed by atoms with E-state index < -0.39 is 0 Å². The number of thiocarbonyl (C=S) groups is 1. The summed E-state index contributed by atoms with van der Waals surface area (Å²) in [6, 6.07) is 9.24. The van der Waals surface area contributed by atoms with Gasteiger partial charge < -0.3 is 5.32 Å². The Hall–Kier alpha value is -2.18. The van der Waals surface area contributed by atoms with Crippen molar-refractivity contribution in [1.82, 2.24) is 15.1 Å². The van der Waals surface area contributed by atoms with Crippen molar-refractivity contribution in [3.8, 4) is 0 Å². The minimum atomic E-state index is -0.219. The van der Waals surface area contributed by atoms with E-state index in [-0.39, 0.29) is 5.91 Å². The molecule has 1 aromatic heterocycles. The van der Waals surface area contributed by atoms with Gasteiger partial charge in [0.05, 0.1) is 22.6 Å². The smallest absolute Gasteiger partial charge is 0.281 e. The lowest BCUT2D eigenvalue weighted by atomic mass is 10.2. The lowest BCUT2D eigenvalue weighted by molar-refractivity contribution is -0.113. The van der Waals surface area contributed by atoms with Crippen LogP contribution in [0.4, 0.5) is 5.69 Å². The van der Waals surface area contributed by atoms with Gasteiger partial charge in [0.25, 0.3) is 5.91 Å². The van der Waals surface area contributed by atoms with E-state index in [2.05, 4.69) is 10.4 Å². The van der Waals surface area contributed by atoms with Gasteiger partial charge in [-0.1, -0.05) is 29.8 Å². The first-order valence-corrected chi connectivity index (χ1v) is 6.96. The number of para-hydroxylation sites is 1. The van der Waals surface area contributed by atoms with Crippen LogP contribution in [0.15, 0.2) is 42.2 Å². The van der Waals surface area contributed by atoms with E-state index in [1.165, 1.54) is 11.1 Å². The van der Waals surface area contributed by atoms with Gasteiger partial charge in [0, 0.05) is 7.05 Å². The summed E-state index contributed by atoms with van der Waals surface area (Å²) in [5.74, 6) is -0.219. The standard InChI is InChI=1S/C14H11ClN4OS/c1-18-12(10(15)8-16-18)7-11-13(20)19(14(21)17-11)9-5-3-2-4-6-9/h2-8H,1H3,(H,17,21)/b11-7+. The van der Waals surface area contributed by atoms with Crippen LogP contribution < -0.4 is 10.2 Å². The lowest BCUT2D eigenvalue weighted by Gasteiger charge is -2.13. The van der Waals surface area contributed by atoms with E-state index >= 15 is 0 Å². The van der Waals surface area contributed by atoms with Gasteiger partial charge in [-0.2, -0.15) is 5.10 Å². The third-order valence-corrected chi connectivity index (χ3v) is 3.69. The number of benzene rings is 1. The second-order valence-corrected chi connectivity index (χ2v) is 5.26. The molecule has 0 radical (unpaired) electrons. The maximum atomic E-state index is 12.5. The summed E-state index contributed by atoms with van der Waals surface area (Å²) in [5, 5.41) is 7.77. The highest BCUT2D eigenvalue weighted by Crippen LogP contribution is 2.23. The van der Waals surface area contributed by atoms with Gasteiger partial charge in [-0.25, -0.2) is 0 Å². The Morgan fingerprint density at radius 2 is 2.05 bits per heavy atom. The van der Waals surface area contributed by atoms with Crippen LogP contribution in [0.1, 0.15) is 5.69 Å². The summed E-state index contributed by atoms with van der Waals surface area (Å²) in [5.41, 5.74) is 1.74. The van der Waals surface area contributed by atoms with Crippen LogP contribution in [0.2, 0.25) is 5.02 Å². The number of hydrogen-bond donors (Lipinski definition) is 1. The largest absolute Gasteiger partial charge is 0.327 e. The Labute approximate surface area is 131 Å². The van der Waals surface area contributed by atoms with Crippen LogP contribution in [0.5, 0.6) is 0 Å². The van der Waals surface area contributed by atoms with E-state index in [1.54, 1.807) is 17.8 Å². The van der Waals surface area contributed by atoms with Gasteiger partial charge in [-0.3, -0.25) is 14.4 Å². The van der Waals surface area contributed by atoms with Crippen LogP contribution >= 0.6 is 23.8 Å². The SMILES string of the molecule is Cn1ncc(Cl)c1/C=C1/NC(=S)N(c2ccccc2)C1=O. The molecular formula is C14H11ClN4OS. The molecule has 1 aliphatic rings. The number of nitrogens with zero attached hydrogens (tertiary/aromatic N) is 3. The van der Waals surface area contributed by atoms with Crippen LogP contribution in [-0.2, 0) is 11.8 Å². The highest BCUT2D eigenvalue weighted by Gasteiger charge is 2.32. The Kier molecular flexibility index (Phi) is 3.48. The zero-order valence-corrected chi connectivity index (χ0v) is 12.6. The molecule has 0 unspecified atom stereocenters. The second-order valence-electron chi connectivity index (χ2n) is 4.47. The third kappa shape index (κ3) is 2.43. The molecule has 106 valence electrons. The predicted molar refractivity (Wildman–Crippen MR) is 85.9 cm³/mol. The van der Waals surface area contributed by atoms with Crippen molar-refractivity contribution < 1.29 is 4.79 Å². The van der Waals surface area contributed by atoms with Gasteiger partial charge in [0.15, 0.2) is 5.11 Å². The summed E-state index contributed by atoms with van der Waals surface area (Å²) in [6.45, 7) is 0. The molecule has 1 aromatic carbocycles. The summed E-state index contributed by atoms with van der Waals surface area (Å²) < 4.78 is 1.60. The molecule has 1 N–H and O–H groups in total. The summed E-state index contributed by atoms with van der Waals surface area (Å²) in [7, 11) is 1.75. The van der Waals surface area contributed by atoms with Crippen molar-refractivity contribution in [1.29, 1.82) is 0 Å². The van der Waals surface area contributed by atoms with E-state index in [4.69, 9.17) is 23.8 Å². The number of carbonyl (C=O) groups is 1. The van der Waals surface area contributed by atoms with Crippen molar-refractivity contribution in [2.24, 2.45) is 7.05 Å². The Bertz CT molecular complexity index is 734. The number of nitrogens with one attached hydrogen (secondary N) is 1. The highest BCUT2D eigenvalue weighted by molar-refractivity contribution is 7.80. The van der Waals surface area contributed by atoms with Gasteiger partial charge in [0.1, 0.15) is 5.70 Å². The van der Waals surface area contributed by atoms with Crippen LogP contribution in [0, 0.1) is 0 Å². The summed E-state index contributed by atoms with van der Waals surface area (Å²) >= 11 is 11.3. The van der Waals surface area contributed by atoms with Crippen LogP contribution in [0.25, 0.3) is 6.08 Å². The average molecular weight is 319 g/mol. The monoisotopic (exact) mass is 318 g/mol. The number of aromatic nitrogens is 2. The fraction of sp³-hybridized carbons (Fsp3) is 0.0714. The number of halogens is 1. The fourth-order valence-corrected chi connectivity index (χ4v) is 2.58. The van der Waals surface area contributed by atoms with E-state index in [0.29, 0.717) is 21.5 Å². The van der Waals surface area contributed by atoms with Gasteiger partial charge in [-0.15, -0.1) is 0 Å². The first kappa shape index (κ1) is 13.8. The van der Waals surface area contributed by atoms with Crippen molar-refractivity contribution in [2.75, 3.05) is 4.90 Å². The molecule has 0 aliphatic carbocycles. The molecule has 0 saturated carbocycles. The number of carbonyl (C=O) groups excluding carboxylic acids is 1. The maximum absolute atomic E-state index is 12.5. The van der Waals surface area contributed by atoms with Crippen molar-refractivity contribution >= 4 is 46.6 Å². The molecule has 0 spiro atoms. The van der Waals surface area contributed by atoms with E-state index in [9.17, 15) is 4.79 Å². The quantitative estimate of drug-likeness (QED) is 0.682. The zero-order chi connectivity index (χ0) is 15.0. The van der Waals surface area contributed by atoms with Gasteiger partial charge in [-0.05, 0) is 30.4 Å². The minimum absolute atomic E-state index is 0.219. The van der Waals surface area contributed by atoms with Crippen LogP contribution in [-0.4, -0.2) is 20.8 Å². The predicted octanol–water partition coefficient (Wildman–Crippen LogP) is 2.34. The normalized spacial score (nSPS) is 16.7. The Morgan fingerprint density at radius 3 is 2.67 bits per heavy atom. The van der Waals surface area contributed by atoms with E-state index in [0.717, 1.165) is 5.69 Å². The molecule has 5 nitrogen and oxygen atoms in total. The molecule has 1 saturated heterocycles. The van der Waals surface area contributed by atoms with Gasteiger partial charge in [0.2, 0.25) is 0 Å². The lowest BCUT2D eigenvalue weighted by Crippen LogP contribution is -2.30. The summed E-state index contributed by atoms with van der Waals surface area (Å²) in [4.78, 5) is 13.9. The topological polar surface area (TPSA) is 50.2 Å². The third-order valence-electron chi connectivity index (χ3n) is 3.11.